The second kappa shape index (κ2) is 7.37. The Morgan fingerprint density at radius 1 is 0.778 bits per heavy atom. The molecule has 0 spiro atoms. The van der Waals surface area contributed by atoms with E-state index in [1.54, 1.807) is 6.07 Å². The highest BCUT2D eigenvalue weighted by Gasteiger charge is 2.32. The second-order valence-corrected chi connectivity index (χ2v) is 8.72. The van der Waals surface area contributed by atoms with Gasteiger partial charge in [-0.2, -0.15) is 0 Å². The molecule has 146 valence electrons. The van der Waals surface area contributed by atoms with E-state index in [-0.39, 0.29) is 5.92 Å². The van der Waals surface area contributed by atoms with Gasteiger partial charge in [0, 0.05) is 0 Å². The minimum Gasteiger partial charge on any atom is -0.505 e. The fourth-order valence-electron chi connectivity index (χ4n) is 5.35. The summed E-state index contributed by atoms with van der Waals surface area (Å²) in [6, 6.07) is 4.22. The van der Waals surface area contributed by atoms with Gasteiger partial charge in [0.25, 0.3) is 0 Å². The smallest absolute Gasteiger partial charge is 0.175 e. The summed E-state index contributed by atoms with van der Waals surface area (Å²) in [6.07, 6.45) is 9.08. The van der Waals surface area contributed by atoms with E-state index in [0.29, 0.717) is 16.9 Å². The molecule has 0 bridgehead atoms. The molecule has 2 aromatic carbocycles. The fourth-order valence-corrected chi connectivity index (χ4v) is 5.35. The molecule has 0 radical (unpaired) electrons. The molecule has 2 aliphatic rings. The first-order valence-corrected chi connectivity index (χ1v) is 10.2. The molecule has 4 rings (SSSR count). The Bertz CT molecular complexity index is 831. The van der Waals surface area contributed by atoms with Gasteiger partial charge in [0.1, 0.15) is 0 Å². The van der Waals surface area contributed by atoms with Crippen molar-refractivity contribution in [3.63, 3.8) is 0 Å². The predicted molar refractivity (Wildman–Crippen MR) is 101 cm³/mol. The van der Waals surface area contributed by atoms with Crippen molar-refractivity contribution in [2.24, 2.45) is 17.8 Å². The van der Waals surface area contributed by atoms with Gasteiger partial charge in [-0.05, 0) is 85.3 Å². The molecule has 0 aromatic heterocycles. The summed E-state index contributed by atoms with van der Waals surface area (Å²) in [7, 11) is 0. The summed E-state index contributed by atoms with van der Waals surface area (Å²) < 4.78 is 43.3. The topological polar surface area (TPSA) is 20.2 Å². The lowest BCUT2D eigenvalue weighted by Crippen LogP contribution is -2.25. The summed E-state index contributed by atoms with van der Waals surface area (Å²) >= 11 is 0. The van der Waals surface area contributed by atoms with E-state index in [2.05, 4.69) is 6.92 Å². The van der Waals surface area contributed by atoms with Gasteiger partial charge in [0.2, 0.25) is 0 Å². The lowest BCUT2D eigenvalue weighted by Gasteiger charge is -2.37. The monoisotopic (exact) mass is 376 g/mol. The average Bonchev–Trinajstić information content (AvgIpc) is 2.68. The van der Waals surface area contributed by atoms with Crippen LogP contribution in [0.5, 0.6) is 5.75 Å². The third-order valence-electron chi connectivity index (χ3n) is 7.07. The highest BCUT2D eigenvalue weighted by Crippen LogP contribution is 2.45. The number of hydrogen-bond acceptors (Lipinski definition) is 1. The second-order valence-electron chi connectivity index (χ2n) is 8.72. The van der Waals surface area contributed by atoms with E-state index in [4.69, 9.17) is 0 Å². The molecular weight excluding hydrogens is 349 g/mol. The maximum Gasteiger partial charge on any atom is 0.175 e. The van der Waals surface area contributed by atoms with E-state index in [0.717, 1.165) is 37.5 Å². The number of phenolic OH excluding ortho intramolecular Hbond substituents is 1. The Morgan fingerprint density at radius 3 is 2.00 bits per heavy atom. The third kappa shape index (κ3) is 3.43. The summed E-state index contributed by atoms with van der Waals surface area (Å²) in [5, 5.41) is 9.31. The lowest BCUT2D eigenvalue weighted by atomic mass is 9.68. The van der Waals surface area contributed by atoms with Crippen LogP contribution in [0.1, 0.15) is 69.8 Å². The Hall–Kier alpha value is -1.71. The Labute approximate surface area is 158 Å². The first-order valence-electron chi connectivity index (χ1n) is 10.2. The summed E-state index contributed by atoms with van der Waals surface area (Å²) in [5.74, 6) is -1.57. The number of hydrogen-bond donors (Lipinski definition) is 1. The number of rotatable bonds is 2. The van der Waals surface area contributed by atoms with Crippen molar-refractivity contribution in [3.8, 4) is 5.75 Å². The molecule has 0 saturated heterocycles. The zero-order valence-electron chi connectivity index (χ0n) is 15.8. The standard InChI is InChI=1S/C23H27F3O/c1-13-2-4-14(5-3-13)15-6-8-16(9-7-15)18-12-17-10-11-19(27)22(25)20(17)23(26)21(18)24/h10-16,27H,2-9H2,1H3. The minimum atomic E-state index is -1.18. The first kappa shape index (κ1) is 18.6. The van der Waals surface area contributed by atoms with Gasteiger partial charge in [0.15, 0.2) is 23.2 Å². The first-order chi connectivity index (χ1) is 13.0. The molecule has 2 fully saturated rings. The average molecular weight is 376 g/mol. The van der Waals surface area contributed by atoms with Gasteiger partial charge in [-0.1, -0.05) is 25.8 Å². The number of benzene rings is 2. The largest absolute Gasteiger partial charge is 0.505 e. The number of aromatic hydroxyl groups is 1. The zero-order chi connectivity index (χ0) is 19.1. The van der Waals surface area contributed by atoms with Crippen LogP contribution in [0.4, 0.5) is 13.2 Å². The molecule has 0 heterocycles. The SMILES string of the molecule is CC1CCC(C2CCC(c3cc4ccc(O)c(F)c4c(F)c3F)CC2)CC1. The molecule has 0 amide bonds. The number of halogens is 3. The van der Waals surface area contributed by atoms with Crippen LogP contribution in [-0.4, -0.2) is 5.11 Å². The molecule has 2 aromatic rings. The van der Waals surface area contributed by atoms with Crippen molar-refractivity contribution < 1.29 is 18.3 Å². The molecule has 27 heavy (non-hydrogen) atoms. The van der Waals surface area contributed by atoms with E-state index < -0.39 is 28.6 Å². The van der Waals surface area contributed by atoms with E-state index in [9.17, 15) is 18.3 Å². The van der Waals surface area contributed by atoms with Crippen LogP contribution in [-0.2, 0) is 0 Å². The van der Waals surface area contributed by atoms with Crippen molar-refractivity contribution in [1.29, 1.82) is 0 Å². The van der Waals surface area contributed by atoms with Gasteiger partial charge in [-0.3, -0.25) is 0 Å². The van der Waals surface area contributed by atoms with Gasteiger partial charge >= 0.3 is 0 Å². The van der Waals surface area contributed by atoms with Gasteiger partial charge in [0.05, 0.1) is 5.39 Å². The Kier molecular flexibility index (Phi) is 5.09. The summed E-state index contributed by atoms with van der Waals surface area (Å²) in [4.78, 5) is 0. The highest BCUT2D eigenvalue weighted by molar-refractivity contribution is 5.86. The maximum atomic E-state index is 14.7. The molecule has 2 aliphatic carbocycles. The van der Waals surface area contributed by atoms with Crippen LogP contribution < -0.4 is 0 Å². The van der Waals surface area contributed by atoms with Crippen LogP contribution in [0, 0.1) is 35.2 Å². The van der Waals surface area contributed by atoms with E-state index >= 15 is 0 Å². The number of fused-ring (bicyclic) bond motifs is 1. The van der Waals surface area contributed by atoms with E-state index in [1.807, 2.05) is 0 Å². The molecule has 1 nitrogen and oxygen atoms in total. The Balaban J connectivity index is 1.54. The maximum absolute atomic E-state index is 14.7. The van der Waals surface area contributed by atoms with Crippen LogP contribution >= 0.6 is 0 Å². The molecule has 2 saturated carbocycles. The van der Waals surface area contributed by atoms with E-state index in [1.165, 1.54) is 37.8 Å². The predicted octanol–water partition coefficient (Wildman–Crippen LogP) is 7.06. The third-order valence-corrected chi connectivity index (χ3v) is 7.07. The van der Waals surface area contributed by atoms with Crippen molar-refractivity contribution in [3.05, 3.63) is 41.2 Å². The molecule has 1 N–H and O–H groups in total. The highest BCUT2D eigenvalue weighted by atomic mass is 19.2. The fraction of sp³-hybridized carbons (Fsp3) is 0.565. The molecule has 4 heteroatoms. The van der Waals surface area contributed by atoms with Crippen LogP contribution in [0.3, 0.4) is 0 Å². The van der Waals surface area contributed by atoms with Crippen LogP contribution in [0.25, 0.3) is 10.8 Å². The van der Waals surface area contributed by atoms with Crippen molar-refractivity contribution >= 4 is 10.8 Å². The molecule has 0 aliphatic heterocycles. The van der Waals surface area contributed by atoms with Crippen molar-refractivity contribution in [2.75, 3.05) is 0 Å². The van der Waals surface area contributed by atoms with Crippen LogP contribution in [0.15, 0.2) is 18.2 Å². The van der Waals surface area contributed by atoms with Gasteiger partial charge in [-0.25, -0.2) is 13.2 Å². The summed E-state index contributed by atoms with van der Waals surface area (Å²) in [6.45, 7) is 2.33. The lowest BCUT2D eigenvalue weighted by molar-refractivity contribution is 0.164. The van der Waals surface area contributed by atoms with Gasteiger partial charge in [-0.15, -0.1) is 0 Å². The molecular formula is C23H27F3O. The summed E-state index contributed by atoms with van der Waals surface area (Å²) in [5.41, 5.74) is 0.362. The quantitative estimate of drug-likeness (QED) is 0.595. The van der Waals surface area contributed by atoms with Crippen LogP contribution in [0.2, 0.25) is 0 Å². The number of phenols is 1. The van der Waals surface area contributed by atoms with Gasteiger partial charge < -0.3 is 5.11 Å². The Morgan fingerprint density at radius 2 is 1.37 bits per heavy atom. The zero-order valence-corrected chi connectivity index (χ0v) is 15.8. The van der Waals surface area contributed by atoms with Crippen molar-refractivity contribution in [2.45, 2.75) is 64.2 Å². The van der Waals surface area contributed by atoms with Crippen molar-refractivity contribution in [1.82, 2.24) is 0 Å². The molecule has 0 atom stereocenters. The minimum absolute atomic E-state index is 0.0143. The molecule has 0 unspecified atom stereocenters. The normalized spacial score (nSPS) is 29.2.